The summed E-state index contributed by atoms with van der Waals surface area (Å²) >= 11 is 5.74. The van der Waals surface area contributed by atoms with Crippen molar-refractivity contribution in [1.82, 2.24) is 19.1 Å². The summed E-state index contributed by atoms with van der Waals surface area (Å²) in [6, 6.07) is 1.63. The molecule has 0 aliphatic carbocycles. The first-order valence-corrected chi connectivity index (χ1v) is 6.11. The van der Waals surface area contributed by atoms with Crippen LogP contribution in [0.4, 0.5) is 0 Å². The molecule has 0 amide bonds. The lowest BCUT2D eigenvalue weighted by molar-refractivity contribution is 0.552. The van der Waals surface area contributed by atoms with E-state index in [2.05, 4.69) is 23.8 Å². The van der Waals surface area contributed by atoms with Gasteiger partial charge in [-0.1, -0.05) is 11.6 Å². The number of aromatic nitrogens is 4. The van der Waals surface area contributed by atoms with Crippen molar-refractivity contribution in [3.8, 4) is 0 Å². The van der Waals surface area contributed by atoms with E-state index in [0.29, 0.717) is 18.4 Å². The van der Waals surface area contributed by atoms with Crippen LogP contribution in [0.2, 0.25) is 5.15 Å². The van der Waals surface area contributed by atoms with Crippen LogP contribution in [-0.2, 0) is 6.54 Å². The van der Waals surface area contributed by atoms with E-state index in [9.17, 15) is 4.79 Å². The van der Waals surface area contributed by atoms with Crippen molar-refractivity contribution in [2.24, 2.45) is 0 Å². The van der Waals surface area contributed by atoms with Crippen LogP contribution in [0, 0.1) is 6.92 Å². The Morgan fingerprint density at radius 3 is 2.78 bits per heavy atom. The first-order valence-electron chi connectivity index (χ1n) is 5.73. The van der Waals surface area contributed by atoms with E-state index in [4.69, 9.17) is 11.6 Å². The Morgan fingerprint density at radius 1 is 1.44 bits per heavy atom. The minimum atomic E-state index is -0.149. The summed E-state index contributed by atoms with van der Waals surface area (Å²) in [6.07, 6.45) is 3.53. The van der Waals surface area contributed by atoms with Crippen molar-refractivity contribution in [1.29, 1.82) is 0 Å². The third-order valence-corrected chi connectivity index (χ3v) is 2.98. The fourth-order valence-corrected chi connectivity index (χ4v) is 2.08. The molecule has 0 unspecified atom stereocenters. The molecule has 18 heavy (non-hydrogen) atoms. The Morgan fingerprint density at radius 2 is 2.17 bits per heavy atom. The second-order valence-corrected chi connectivity index (χ2v) is 4.82. The molecular formula is C12H15ClN4O. The molecule has 0 aromatic carbocycles. The van der Waals surface area contributed by atoms with Gasteiger partial charge in [0.25, 0.3) is 5.56 Å². The highest BCUT2D eigenvalue weighted by Gasteiger charge is 2.09. The van der Waals surface area contributed by atoms with E-state index in [0.717, 1.165) is 5.69 Å². The minimum absolute atomic E-state index is 0.149. The number of imidazole rings is 1. The van der Waals surface area contributed by atoms with Crippen LogP contribution in [0.5, 0.6) is 0 Å². The van der Waals surface area contributed by atoms with Gasteiger partial charge in [-0.3, -0.25) is 9.36 Å². The third kappa shape index (κ3) is 2.46. The summed E-state index contributed by atoms with van der Waals surface area (Å²) < 4.78 is 3.61. The smallest absolute Gasteiger partial charge is 0.255 e. The number of hydrogen-bond acceptors (Lipinski definition) is 3. The molecule has 0 aliphatic rings. The second kappa shape index (κ2) is 4.94. The molecule has 2 rings (SSSR count). The normalized spacial score (nSPS) is 11.2. The molecule has 0 saturated carbocycles. The molecule has 2 heterocycles. The van der Waals surface area contributed by atoms with Gasteiger partial charge in [0.2, 0.25) is 0 Å². The Balaban J connectivity index is 2.41. The van der Waals surface area contributed by atoms with Crippen LogP contribution in [0.15, 0.2) is 23.4 Å². The Hall–Kier alpha value is -1.62. The summed E-state index contributed by atoms with van der Waals surface area (Å²) in [4.78, 5) is 20.1. The first kappa shape index (κ1) is 12.8. The summed E-state index contributed by atoms with van der Waals surface area (Å²) in [5.74, 6) is 0.601. The number of nitrogens with zero attached hydrogens (tertiary/aromatic N) is 4. The van der Waals surface area contributed by atoms with Gasteiger partial charge in [0.15, 0.2) is 0 Å². The van der Waals surface area contributed by atoms with Gasteiger partial charge >= 0.3 is 0 Å². The zero-order valence-corrected chi connectivity index (χ0v) is 11.3. The zero-order valence-electron chi connectivity index (χ0n) is 10.6. The number of hydrogen-bond donors (Lipinski definition) is 0. The molecule has 0 bridgehead atoms. The Labute approximate surface area is 110 Å². The van der Waals surface area contributed by atoms with Crippen molar-refractivity contribution >= 4 is 11.6 Å². The fourth-order valence-electron chi connectivity index (χ4n) is 1.86. The van der Waals surface area contributed by atoms with Crippen LogP contribution in [-0.4, -0.2) is 19.1 Å². The van der Waals surface area contributed by atoms with Crippen molar-refractivity contribution in [2.75, 3.05) is 0 Å². The Bertz CT molecular complexity index is 615. The van der Waals surface area contributed by atoms with Gasteiger partial charge < -0.3 is 4.57 Å². The molecule has 0 saturated heterocycles. The van der Waals surface area contributed by atoms with Crippen LogP contribution in [0.25, 0.3) is 0 Å². The van der Waals surface area contributed by atoms with Crippen molar-refractivity contribution in [3.63, 3.8) is 0 Å². The molecule has 2 aromatic rings. The summed E-state index contributed by atoms with van der Waals surface area (Å²) in [5, 5.41) is 0.228. The van der Waals surface area contributed by atoms with Gasteiger partial charge in [-0.05, 0) is 20.8 Å². The molecule has 0 radical (unpaired) electrons. The van der Waals surface area contributed by atoms with Gasteiger partial charge in [0, 0.05) is 18.3 Å². The lowest BCUT2D eigenvalue weighted by atomic mass is 10.3. The predicted molar refractivity (Wildman–Crippen MR) is 70.0 cm³/mol. The quantitative estimate of drug-likeness (QED) is 0.799. The van der Waals surface area contributed by atoms with Crippen molar-refractivity contribution in [2.45, 2.75) is 33.4 Å². The average molecular weight is 267 g/mol. The van der Waals surface area contributed by atoms with Crippen LogP contribution >= 0.6 is 11.6 Å². The Kier molecular flexibility index (Phi) is 3.52. The monoisotopic (exact) mass is 266 g/mol. The summed E-state index contributed by atoms with van der Waals surface area (Å²) in [5.41, 5.74) is 0.823. The molecule has 2 aromatic heterocycles. The molecule has 0 spiro atoms. The van der Waals surface area contributed by atoms with Crippen molar-refractivity contribution in [3.05, 3.63) is 45.6 Å². The summed E-state index contributed by atoms with van der Waals surface area (Å²) in [6.45, 7) is 6.36. The first-order chi connectivity index (χ1) is 8.49. The van der Waals surface area contributed by atoms with Crippen LogP contribution in [0.1, 0.15) is 31.4 Å². The lowest BCUT2D eigenvalue weighted by Crippen LogP contribution is -2.24. The highest BCUT2D eigenvalue weighted by molar-refractivity contribution is 6.29. The van der Waals surface area contributed by atoms with E-state index >= 15 is 0 Å². The average Bonchev–Trinajstić information content (AvgIpc) is 2.71. The maximum absolute atomic E-state index is 11.9. The zero-order chi connectivity index (χ0) is 13.3. The lowest BCUT2D eigenvalue weighted by Gasteiger charge is -2.14. The molecule has 0 N–H and O–H groups in total. The highest BCUT2D eigenvalue weighted by atomic mass is 35.5. The molecule has 5 nitrogen and oxygen atoms in total. The molecule has 6 heteroatoms. The standard InChI is InChI=1S/C12H15ClN4O/c1-8(2)17-7-14-5-10(17)6-16-9(3)15-11(13)4-12(16)18/h4-5,7-8H,6H2,1-3H3. The second-order valence-electron chi connectivity index (χ2n) is 4.44. The SMILES string of the molecule is Cc1nc(Cl)cc(=O)n1Cc1cncn1C(C)C. The van der Waals surface area contributed by atoms with Gasteiger partial charge in [0.1, 0.15) is 11.0 Å². The number of halogens is 1. The number of rotatable bonds is 3. The van der Waals surface area contributed by atoms with Crippen LogP contribution < -0.4 is 5.56 Å². The maximum Gasteiger partial charge on any atom is 0.255 e. The van der Waals surface area contributed by atoms with E-state index in [1.54, 1.807) is 24.0 Å². The largest absolute Gasteiger partial charge is 0.330 e. The molecular weight excluding hydrogens is 252 g/mol. The minimum Gasteiger partial charge on any atom is -0.330 e. The van der Waals surface area contributed by atoms with Crippen LogP contribution in [0.3, 0.4) is 0 Å². The predicted octanol–water partition coefficient (Wildman–Crippen LogP) is 2.03. The highest BCUT2D eigenvalue weighted by Crippen LogP contribution is 2.10. The molecule has 0 atom stereocenters. The maximum atomic E-state index is 11.9. The van der Waals surface area contributed by atoms with Gasteiger partial charge in [-0.15, -0.1) is 0 Å². The van der Waals surface area contributed by atoms with E-state index in [-0.39, 0.29) is 10.7 Å². The van der Waals surface area contributed by atoms with E-state index in [1.807, 2.05) is 4.57 Å². The topological polar surface area (TPSA) is 52.7 Å². The molecule has 96 valence electrons. The molecule has 0 fully saturated rings. The van der Waals surface area contributed by atoms with Gasteiger partial charge in [-0.25, -0.2) is 9.97 Å². The van der Waals surface area contributed by atoms with Crippen molar-refractivity contribution < 1.29 is 0 Å². The van der Waals surface area contributed by atoms with Gasteiger partial charge in [0.05, 0.1) is 18.6 Å². The third-order valence-electron chi connectivity index (χ3n) is 2.79. The molecule has 0 aliphatic heterocycles. The number of aryl methyl sites for hydroxylation is 1. The van der Waals surface area contributed by atoms with Gasteiger partial charge in [-0.2, -0.15) is 0 Å². The fraction of sp³-hybridized carbons (Fsp3) is 0.417. The van der Waals surface area contributed by atoms with E-state index < -0.39 is 0 Å². The van der Waals surface area contributed by atoms with E-state index in [1.165, 1.54) is 6.07 Å². The summed E-state index contributed by atoms with van der Waals surface area (Å²) in [7, 11) is 0.